The van der Waals surface area contributed by atoms with Gasteiger partial charge in [0.05, 0.1) is 16.0 Å². The minimum Gasteiger partial charge on any atom is -0.331 e. The van der Waals surface area contributed by atoms with E-state index in [1.54, 1.807) is 26.8 Å². The molecule has 1 aromatic carbocycles. The molecule has 0 spiro atoms. The quantitative estimate of drug-likeness (QED) is 0.815. The molecule has 7 heteroatoms. The lowest BCUT2D eigenvalue weighted by Crippen LogP contribution is -2.36. The van der Waals surface area contributed by atoms with E-state index in [0.29, 0.717) is 23.7 Å². The van der Waals surface area contributed by atoms with Crippen LogP contribution in [0.15, 0.2) is 16.6 Å². The van der Waals surface area contributed by atoms with E-state index in [9.17, 15) is 13.2 Å². The second-order valence-corrected chi connectivity index (χ2v) is 11.1. The zero-order valence-corrected chi connectivity index (χ0v) is 16.8. The predicted octanol–water partition coefficient (Wildman–Crippen LogP) is 3.74. The minimum absolute atomic E-state index is 0.0801. The molecule has 1 unspecified atom stereocenters. The monoisotopic (exact) mass is 414 g/mol. The average molecular weight is 415 g/mol. The zero-order valence-electron chi connectivity index (χ0n) is 14.4. The number of sulfonamides is 1. The first-order valence-electron chi connectivity index (χ1n) is 8.17. The van der Waals surface area contributed by atoms with Crippen LogP contribution in [0.25, 0.3) is 0 Å². The van der Waals surface area contributed by atoms with Crippen molar-refractivity contribution >= 4 is 37.5 Å². The number of nitrogens with one attached hydrogen (secondary N) is 1. The molecule has 132 valence electrons. The van der Waals surface area contributed by atoms with Crippen LogP contribution in [-0.2, 0) is 16.6 Å². The third-order valence-electron chi connectivity index (χ3n) is 4.85. The van der Waals surface area contributed by atoms with Gasteiger partial charge in [0.1, 0.15) is 0 Å². The molecule has 1 saturated carbocycles. The highest BCUT2D eigenvalue weighted by Gasteiger charge is 2.40. The van der Waals surface area contributed by atoms with Gasteiger partial charge in [0.15, 0.2) is 0 Å². The van der Waals surface area contributed by atoms with Gasteiger partial charge < -0.3 is 4.90 Å². The summed E-state index contributed by atoms with van der Waals surface area (Å²) >= 11 is 3.43. The van der Waals surface area contributed by atoms with Crippen molar-refractivity contribution in [2.24, 2.45) is 5.92 Å². The molecule has 0 aromatic heterocycles. The van der Waals surface area contributed by atoms with Crippen molar-refractivity contribution in [1.29, 1.82) is 0 Å². The summed E-state index contributed by atoms with van der Waals surface area (Å²) in [5, 5.41) is 0. The number of anilines is 1. The van der Waals surface area contributed by atoms with Crippen molar-refractivity contribution in [1.82, 2.24) is 4.90 Å². The summed E-state index contributed by atoms with van der Waals surface area (Å²) in [6, 6.07) is 3.77. The van der Waals surface area contributed by atoms with Crippen LogP contribution in [0.2, 0.25) is 0 Å². The van der Waals surface area contributed by atoms with Crippen LogP contribution in [-0.4, -0.2) is 30.0 Å². The van der Waals surface area contributed by atoms with Gasteiger partial charge in [-0.15, -0.1) is 0 Å². The van der Waals surface area contributed by atoms with Gasteiger partial charge in [0.2, 0.25) is 10.0 Å². The van der Waals surface area contributed by atoms with Crippen molar-refractivity contribution in [2.75, 3.05) is 4.72 Å². The summed E-state index contributed by atoms with van der Waals surface area (Å²) in [5.74, 6) is 0.491. The van der Waals surface area contributed by atoms with Crippen molar-refractivity contribution in [3.8, 4) is 0 Å². The van der Waals surface area contributed by atoms with Crippen molar-refractivity contribution in [2.45, 2.75) is 57.9 Å². The third-order valence-corrected chi connectivity index (χ3v) is 7.41. The molecule has 5 nitrogen and oxygen atoms in total. The molecule has 1 aromatic rings. The van der Waals surface area contributed by atoms with Crippen LogP contribution in [0.5, 0.6) is 0 Å². The van der Waals surface area contributed by atoms with Crippen molar-refractivity contribution in [3.63, 3.8) is 0 Å². The van der Waals surface area contributed by atoms with Gasteiger partial charge in [-0.05, 0) is 64.2 Å². The molecule has 1 heterocycles. The fraction of sp³-hybridized carbons (Fsp3) is 0.588. The van der Waals surface area contributed by atoms with Crippen molar-refractivity contribution in [3.05, 3.63) is 27.7 Å². The number of hydrogen-bond donors (Lipinski definition) is 1. The highest BCUT2D eigenvalue weighted by molar-refractivity contribution is 9.10. The molecule has 1 N–H and O–H groups in total. The third kappa shape index (κ3) is 3.08. The van der Waals surface area contributed by atoms with Gasteiger partial charge in [-0.1, -0.05) is 15.9 Å². The Morgan fingerprint density at radius 2 is 1.92 bits per heavy atom. The summed E-state index contributed by atoms with van der Waals surface area (Å²) in [7, 11) is -3.60. The van der Waals surface area contributed by atoms with E-state index in [1.165, 1.54) is 0 Å². The number of halogens is 1. The number of benzene rings is 1. The summed E-state index contributed by atoms with van der Waals surface area (Å²) in [6.45, 7) is 7.52. The maximum absolute atomic E-state index is 12.9. The zero-order chi connectivity index (χ0) is 17.9. The second-order valence-electron chi connectivity index (χ2n) is 7.72. The normalized spacial score (nSPS) is 19.4. The highest BCUT2D eigenvalue weighted by atomic mass is 79.9. The van der Waals surface area contributed by atoms with Gasteiger partial charge in [-0.25, -0.2) is 8.42 Å². The maximum Gasteiger partial charge on any atom is 0.256 e. The summed E-state index contributed by atoms with van der Waals surface area (Å²) < 4.78 is 27.5. The number of amides is 1. The number of carbonyl (C=O) groups is 1. The minimum atomic E-state index is -3.60. The molecule has 3 rings (SSSR count). The number of nitrogens with zero attached hydrogens (tertiary/aromatic N) is 1. The molecule has 2 aliphatic rings. The van der Waals surface area contributed by atoms with Crippen LogP contribution < -0.4 is 4.72 Å². The lowest BCUT2D eigenvalue weighted by Gasteiger charge is -2.24. The summed E-state index contributed by atoms with van der Waals surface area (Å²) in [5.41, 5.74) is 1.72. The SMILES string of the molecule is CC(C1CC1)N1Cc2cc(Br)cc(NS(=O)(=O)C(C)(C)C)c2C1=O. The molecule has 1 amide bonds. The fourth-order valence-electron chi connectivity index (χ4n) is 2.98. The standard InChI is InChI=1S/C17H23BrN2O3S/c1-10(11-5-6-11)20-9-12-7-13(18)8-14(15(12)16(20)21)19-24(22,23)17(2,3)4/h7-8,10-11,19H,5-6,9H2,1-4H3. The Morgan fingerprint density at radius 1 is 1.29 bits per heavy atom. The first kappa shape index (κ1) is 17.7. The van der Waals surface area contributed by atoms with Crippen LogP contribution >= 0.6 is 15.9 Å². The maximum atomic E-state index is 12.9. The molecule has 1 aliphatic heterocycles. The lowest BCUT2D eigenvalue weighted by atomic mass is 10.1. The molecule has 1 atom stereocenters. The Kier molecular flexibility index (Phi) is 4.23. The second kappa shape index (κ2) is 5.73. The first-order valence-corrected chi connectivity index (χ1v) is 10.4. The molecule has 1 aliphatic carbocycles. The van der Waals surface area contributed by atoms with Crippen LogP contribution in [0, 0.1) is 5.92 Å². The van der Waals surface area contributed by atoms with E-state index in [-0.39, 0.29) is 11.9 Å². The summed E-state index contributed by atoms with van der Waals surface area (Å²) in [4.78, 5) is 14.8. The lowest BCUT2D eigenvalue weighted by molar-refractivity contribution is 0.0698. The van der Waals surface area contributed by atoms with Gasteiger partial charge in [-0.3, -0.25) is 9.52 Å². The number of fused-ring (bicyclic) bond motifs is 1. The molecule has 0 radical (unpaired) electrons. The molecule has 24 heavy (non-hydrogen) atoms. The molecule has 1 fully saturated rings. The van der Waals surface area contributed by atoms with E-state index < -0.39 is 14.8 Å². The fourth-order valence-corrected chi connectivity index (χ4v) is 4.24. The number of hydrogen-bond acceptors (Lipinski definition) is 3. The topological polar surface area (TPSA) is 66.5 Å². The Morgan fingerprint density at radius 3 is 2.46 bits per heavy atom. The Labute approximate surface area is 152 Å². The van der Waals surface area contributed by atoms with Gasteiger partial charge in [0.25, 0.3) is 5.91 Å². The van der Waals surface area contributed by atoms with Crippen LogP contribution in [0.4, 0.5) is 5.69 Å². The van der Waals surface area contributed by atoms with Crippen molar-refractivity contribution < 1.29 is 13.2 Å². The number of rotatable bonds is 4. The van der Waals surface area contributed by atoms with E-state index >= 15 is 0 Å². The highest BCUT2D eigenvalue weighted by Crippen LogP contribution is 2.41. The van der Waals surface area contributed by atoms with E-state index in [1.807, 2.05) is 11.0 Å². The predicted molar refractivity (Wildman–Crippen MR) is 98.5 cm³/mol. The molecular formula is C17H23BrN2O3S. The largest absolute Gasteiger partial charge is 0.331 e. The van der Waals surface area contributed by atoms with Gasteiger partial charge in [-0.2, -0.15) is 0 Å². The van der Waals surface area contributed by atoms with Gasteiger partial charge >= 0.3 is 0 Å². The smallest absolute Gasteiger partial charge is 0.256 e. The molecular weight excluding hydrogens is 392 g/mol. The van der Waals surface area contributed by atoms with E-state index in [2.05, 4.69) is 27.6 Å². The van der Waals surface area contributed by atoms with Crippen LogP contribution in [0.1, 0.15) is 56.5 Å². The molecule has 0 bridgehead atoms. The Hall–Kier alpha value is -1.08. The Bertz CT molecular complexity index is 795. The van der Waals surface area contributed by atoms with E-state index in [4.69, 9.17) is 0 Å². The molecule has 0 saturated heterocycles. The Balaban J connectivity index is 1.99. The van der Waals surface area contributed by atoms with Crippen LogP contribution in [0.3, 0.4) is 0 Å². The average Bonchev–Trinajstić information content (AvgIpc) is 3.21. The summed E-state index contributed by atoms with van der Waals surface area (Å²) in [6.07, 6.45) is 2.32. The number of carbonyl (C=O) groups excluding carboxylic acids is 1. The first-order chi connectivity index (χ1) is 11.0. The van der Waals surface area contributed by atoms with E-state index in [0.717, 1.165) is 22.9 Å². The van der Waals surface area contributed by atoms with Gasteiger partial charge in [0, 0.05) is 17.1 Å².